The normalized spacial score (nSPS) is 15.0. The highest BCUT2D eigenvalue weighted by Crippen LogP contribution is 2.19. The van der Waals surface area contributed by atoms with Crippen LogP contribution in [0.3, 0.4) is 0 Å². The zero-order valence-electron chi connectivity index (χ0n) is 17.8. The second-order valence-electron chi connectivity index (χ2n) is 7.97. The Kier molecular flexibility index (Phi) is 8.81. The number of benzene rings is 2. The summed E-state index contributed by atoms with van der Waals surface area (Å²) < 4.78 is 0. The molecule has 5 heteroatoms. The van der Waals surface area contributed by atoms with E-state index < -0.39 is 6.04 Å². The Labute approximate surface area is 184 Å². The number of hydrogen-bond acceptors (Lipinski definition) is 3. The van der Waals surface area contributed by atoms with Crippen molar-refractivity contribution in [2.45, 2.75) is 56.9 Å². The highest BCUT2D eigenvalue weighted by molar-refractivity contribution is 7.99. The smallest absolute Gasteiger partial charge is 0.242 e. The summed E-state index contributed by atoms with van der Waals surface area (Å²) in [5.74, 6) is 1.17. The largest absolute Gasteiger partial charge is 0.352 e. The molecule has 160 valence electrons. The maximum absolute atomic E-state index is 13.1. The average Bonchev–Trinajstić information content (AvgIpc) is 3.28. The van der Waals surface area contributed by atoms with Gasteiger partial charge in [0.25, 0.3) is 0 Å². The first-order valence-electron chi connectivity index (χ1n) is 10.9. The minimum Gasteiger partial charge on any atom is -0.352 e. The zero-order chi connectivity index (χ0) is 21.2. The number of nitrogens with one attached hydrogen (secondary N) is 1. The van der Waals surface area contributed by atoms with Crippen LogP contribution >= 0.6 is 11.8 Å². The third-order valence-electron chi connectivity index (χ3n) is 5.69. The fourth-order valence-corrected chi connectivity index (χ4v) is 4.75. The van der Waals surface area contributed by atoms with Gasteiger partial charge in [-0.2, -0.15) is 0 Å². The molecule has 0 saturated heterocycles. The molecule has 0 aromatic heterocycles. The van der Waals surface area contributed by atoms with Gasteiger partial charge < -0.3 is 10.2 Å². The first kappa shape index (κ1) is 22.4. The van der Waals surface area contributed by atoms with E-state index in [2.05, 4.69) is 29.6 Å². The number of rotatable bonds is 10. The lowest BCUT2D eigenvalue weighted by atomic mass is 10.1. The lowest BCUT2D eigenvalue weighted by Gasteiger charge is -2.29. The van der Waals surface area contributed by atoms with E-state index in [0.29, 0.717) is 12.3 Å². The number of thioether (sulfide) groups is 1. The molecule has 1 N–H and O–H groups in total. The van der Waals surface area contributed by atoms with Crippen molar-refractivity contribution in [2.75, 3.05) is 12.3 Å². The quantitative estimate of drug-likeness (QED) is 0.613. The average molecular weight is 425 g/mol. The van der Waals surface area contributed by atoms with Crippen molar-refractivity contribution in [1.82, 2.24) is 10.2 Å². The summed E-state index contributed by atoms with van der Waals surface area (Å²) >= 11 is 1.60. The summed E-state index contributed by atoms with van der Waals surface area (Å²) in [7, 11) is 0. The van der Waals surface area contributed by atoms with E-state index in [1.807, 2.05) is 43.3 Å². The first-order chi connectivity index (χ1) is 14.6. The van der Waals surface area contributed by atoms with Crippen molar-refractivity contribution in [3.8, 4) is 0 Å². The standard InChI is InChI=1S/C25H32N2O2S/c1-20(25(29)26-23-14-8-9-15-23)27(17-16-21-10-4-2-5-11-21)24(28)19-30-18-22-12-6-3-7-13-22/h2-7,10-13,20,23H,8-9,14-19H2,1H3,(H,26,29). The van der Waals surface area contributed by atoms with Crippen LogP contribution in [0.2, 0.25) is 0 Å². The van der Waals surface area contributed by atoms with Crippen LogP contribution in [0, 0.1) is 0 Å². The molecule has 0 spiro atoms. The maximum atomic E-state index is 13.1. The van der Waals surface area contributed by atoms with Gasteiger partial charge in [0, 0.05) is 18.3 Å². The molecule has 2 aromatic carbocycles. The van der Waals surface area contributed by atoms with Gasteiger partial charge in [0.2, 0.25) is 11.8 Å². The van der Waals surface area contributed by atoms with Crippen LogP contribution in [-0.4, -0.2) is 41.1 Å². The molecule has 0 bridgehead atoms. The van der Waals surface area contributed by atoms with Crippen LogP contribution < -0.4 is 5.32 Å². The number of hydrogen-bond donors (Lipinski definition) is 1. The van der Waals surface area contributed by atoms with Gasteiger partial charge in [0.1, 0.15) is 6.04 Å². The van der Waals surface area contributed by atoms with E-state index >= 15 is 0 Å². The Morgan fingerprint density at radius 3 is 2.23 bits per heavy atom. The molecule has 0 radical (unpaired) electrons. The molecule has 0 heterocycles. The fourth-order valence-electron chi connectivity index (χ4n) is 3.88. The van der Waals surface area contributed by atoms with E-state index in [1.54, 1.807) is 16.7 Å². The molecular formula is C25H32N2O2S. The Hall–Kier alpha value is -2.27. The molecule has 1 unspecified atom stereocenters. The highest BCUT2D eigenvalue weighted by atomic mass is 32.2. The molecular weight excluding hydrogens is 392 g/mol. The number of carbonyl (C=O) groups is 2. The van der Waals surface area contributed by atoms with Crippen LogP contribution in [0.15, 0.2) is 60.7 Å². The molecule has 1 atom stereocenters. The van der Waals surface area contributed by atoms with Crippen molar-refractivity contribution < 1.29 is 9.59 Å². The van der Waals surface area contributed by atoms with Crippen molar-refractivity contribution >= 4 is 23.6 Å². The third kappa shape index (κ3) is 6.91. The van der Waals surface area contributed by atoms with Crippen LogP contribution in [0.5, 0.6) is 0 Å². The fraction of sp³-hybridized carbons (Fsp3) is 0.440. The van der Waals surface area contributed by atoms with E-state index in [0.717, 1.165) is 25.0 Å². The molecule has 2 aromatic rings. The Morgan fingerprint density at radius 2 is 1.60 bits per heavy atom. The van der Waals surface area contributed by atoms with Crippen molar-refractivity contribution in [1.29, 1.82) is 0 Å². The number of nitrogens with zero attached hydrogens (tertiary/aromatic N) is 1. The summed E-state index contributed by atoms with van der Waals surface area (Å²) in [6, 6.07) is 20.1. The first-order valence-corrected chi connectivity index (χ1v) is 12.0. The van der Waals surface area contributed by atoms with E-state index in [-0.39, 0.29) is 17.9 Å². The van der Waals surface area contributed by atoms with Crippen molar-refractivity contribution in [3.63, 3.8) is 0 Å². The van der Waals surface area contributed by atoms with Gasteiger partial charge in [-0.1, -0.05) is 73.5 Å². The van der Waals surface area contributed by atoms with Crippen molar-refractivity contribution in [3.05, 3.63) is 71.8 Å². The van der Waals surface area contributed by atoms with Crippen LogP contribution in [0.4, 0.5) is 0 Å². The Morgan fingerprint density at radius 1 is 1.00 bits per heavy atom. The van der Waals surface area contributed by atoms with Gasteiger partial charge in [-0.25, -0.2) is 0 Å². The molecule has 4 nitrogen and oxygen atoms in total. The molecule has 1 aliphatic carbocycles. The third-order valence-corrected chi connectivity index (χ3v) is 6.68. The summed E-state index contributed by atoms with van der Waals surface area (Å²) in [6.07, 6.45) is 5.18. The van der Waals surface area contributed by atoms with Gasteiger partial charge in [-0.15, -0.1) is 11.8 Å². The van der Waals surface area contributed by atoms with Gasteiger partial charge >= 0.3 is 0 Å². The predicted molar refractivity (Wildman–Crippen MR) is 124 cm³/mol. The van der Waals surface area contributed by atoms with Crippen molar-refractivity contribution in [2.24, 2.45) is 0 Å². The summed E-state index contributed by atoms with van der Waals surface area (Å²) in [5.41, 5.74) is 2.38. The number of amides is 2. The summed E-state index contributed by atoms with van der Waals surface area (Å²) in [5, 5.41) is 3.15. The minimum atomic E-state index is -0.459. The van der Waals surface area contributed by atoms with Crippen LogP contribution in [-0.2, 0) is 21.8 Å². The van der Waals surface area contributed by atoms with Gasteiger partial charge in [-0.05, 0) is 37.3 Å². The maximum Gasteiger partial charge on any atom is 0.242 e. The van der Waals surface area contributed by atoms with Crippen LogP contribution in [0.25, 0.3) is 0 Å². The summed E-state index contributed by atoms with van der Waals surface area (Å²) in [6.45, 7) is 2.41. The monoisotopic (exact) mass is 424 g/mol. The Bertz CT molecular complexity index is 791. The lowest BCUT2D eigenvalue weighted by molar-refractivity contribution is -0.138. The SMILES string of the molecule is CC(C(=O)NC1CCCC1)N(CCc1ccccc1)C(=O)CSCc1ccccc1. The van der Waals surface area contributed by atoms with E-state index in [1.165, 1.54) is 24.0 Å². The topological polar surface area (TPSA) is 49.4 Å². The molecule has 1 fully saturated rings. The molecule has 0 aliphatic heterocycles. The van der Waals surface area contributed by atoms with E-state index in [9.17, 15) is 9.59 Å². The predicted octanol–water partition coefficient (Wildman–Crippen LogP) is 4.44. The number of carbonyl (C=O) groups excluding carboxylic acids is 2. The van der Waals surface area contributed by atoms with E-state index in [4.69, 9.17) is 0 Å². The lowest BCUT2D eigenvalue weighted by Crippen LogP contribution is -2.51. The summed E-state index contributed by atoms with van der Waals surface area (Å²) in [4.78, 5) is 27.7. The molecule has 1 aliphatic rings. The zero-order valence-corrected chi connectivity index (χ0v) is 18.6. The molecule has 3 rings (SSSR count). The van der Waals surface area contributed by atoms with Gasteiger partial charge in [0.15, 0.2) is 0 Å². The highest BCUT2D eigenvalue weighted by Gasteiger charge is 2.28. The molecule has 1 saturated carbocycles. The minimum absolute atomic E-state index is 0.0286. The second-order valence-corrected chi connectivity index (χ2v) is 8.95. The molecule has 2 amide bonds. The molecule has 30 heavy (non-hydrogen) atoms. The van der Waals surface area contributed by atoms with Crippen LogP contribution in [0.1, 0.15) is 43.7 Å². The van der Waals surface area contributed by atoms with Gasteiger partial charge in [0.05, 0.1) is 5.75 Å². The van der Waals surface area contributed by atoms with Gasteiger partial charge in [-0.3, -0.25) is 9.59 Å². The second kappa shape index (κ2) is 11.8. The Balaban J connectivity index is 1.59.